The molecule has 0 unspecified atom stereocenters. The minimum atomic E-state index is -0.978. The Bertz CT molecular complexity index is 1040. The van der Waals surface area contributed by atoms with Crippen LogP contribution in [0.5, 0.6) is 0 Å². The molecule has 8 heteroatoms. The zero-order valence-electron chi connectivity index (χ0n) is 15.6. The third-order valence-electron chi connectivity index (χ3n) is 5.28. The lowest BCUT2D eigenvalue weighted by atomic mass is 9.92. The van der Waals surface area contributed by atoms with Crippen molar-refractivity contribution < 1.29 is 23.6 Å². The molecule has 0 radical (unpaired) electrons. The Morgan fingerprint density at radius 1 is 1.17 bits per heavy atom. The second-order valence-electron chi connectivity index (χ2n) is 7.13. The van der Waals surface area contributed by atoms with E-state index in [0.717, 1.165) is 29.5 Å². The highest BCUT2D eigenvalue weighted by Crippen LogP contribution is 2.32. The molecule has 7 nitrogen and oxygen atoms in total. The molecule has 2 aromatic carbocycles. The standard InChI is InChI=1S/C21H20FN3O4/c22-16-5-6-17-18(11-16)29-24-19(17)14-7-9-25(10-8-14)21(28)23-12-13-1-3-15(4-2-13)20(26)27/h1-6,11,14H,7-10,12H2,(H,23,28)(H,26,27). The van der Waals surface area contributed by atoms with Crippen LogP contribution in [0, 0.1) is 5.82 Å². The van der Waals surface area contributed by atoms with E-state index in [9.17, 15) is 14.0 Å². The van der Waals surface area contributed by atoms with Crippen LogP contribution in [0.3, 0.4) is 0 Å². The first-order chi connectivity index (χ1) is 14.0. The first kappa shape index (κ1) is 18.9. The summed E-state index contributed by atoms with van der Waals surface area (Å²) in [4.78, 5) is 25.1. The van der Waals surface area contributed by atoms with Gasteiger partial charge in [-0.25, -0.2) is 14.0 Å². The Kier molecular flexibility index (Phi) is 5.16. The average Bonchev–Trinajstić information content (AvgIpc) is 3.15. The number of carbonyl (C=O) groups is 2. The summed E-state index contributed by atoms with van der Waals surface area (Å²) < 4.78 is 18.6. The van der Waals surface area contributed by atoms with Crippen LogP contribution in [0.2, 0.25) is 0 Å². The van der Waals surface area contributed by atoms with Gasteiger partial charge >= 0.3 is 12.0 Å². The van der Waals surface area contributed by atoms with Crippen molar-refractivity contribution >= 4 is 23.0 Å². The average molecular weight is 397 g/mol. The van der Waals surface area contributed by atoms with Gasteiger partial charge in [-0.3, -0.25) is 0 Å². The number of likely N-dealkylation sites (tertiary alicyclic amines) is 1. The molecule has 4 rings (SSSR count). The van der Waals surface area contributed by atoms with Gasteiger partial charge in [0.25, 0.3) is 0 Å². The summed E-state index contributed by atoms with van der Waals surface area (Å²) in [5, 5.41) is 16.7. The van der Waals surface area contributed by atoms with Crippen LogP contribution in [0.4, 0.5) is 9.18 Å². The lowest BCUT2D eigenvalue weighted by molar-refractivity contribution is 0.0697. The van der Waals surface area contributed by atoms with E-state index in [4.69, 9.17) is 9.63 Å². The first-order valence-corrected chi connectivity index (χ1v) is 9.41. The third kappa shape index (κ3) is 4.06. The number of aromatic carboxylic acids is 1. The van der Waals surface area contributed by atoms with Gasteiger partial charge in [0.1, 0.15) is 5.82 Å². The highest BCUT2D eigenvalue weighted by atomic mass is 19.1. The minimum absolute atomic E-state index is 0.155. The maximum atomic E-state index is 13.3. The number of carbonyl (C=O) groups excluding carboxylic acids is 1. The van der Waals surface area contributed by atoms with Gasteiger partial charge in [0.2, 0.25) is 0 Å². The van der Waals surface area contributed by atoms with Gasteiger partial charge < -0.3 is 19.8 Å². The number of carboxylic acid groups (broad SMARTS) is 1. The number of amides is 2. The number of nitrogens with one attached hydrogen (secondary N) is 1. The number of urea groups is 1. The number of carboxylic acids is 1. The summed E-state index contributed by atoms with van der Waals surface area (Å²) in [5.74, 6) is -1.17. The van der Waals surface area contributed by atoms with E-state index in [1.807, 2.05) is 0 Å². The zero-order chi connectivity index (χ0) is 20.4. The van der Waals surface area contributed by atoms with Crippen molar-refractivity contribution in [2.45, 2.75) is 25.3 Å². The molecule has 1 fully saturated rings. The summed E-state index contributed by atoms with van der Waals surface area (Å²) in [7, 11) is 0. The Morgan fingerprint density at radius 2 is 1.90 bits per heavy atom. The molecule has 0 atom stereocenters. The molecule has 0 spiro atoms. The number of piperidine rings is 1. The molecule has 0 saturated carbocycles. The summed E-state index contributed by atoms with van der Waals surface area (Å²) in [6.45, 7) is 1.51. The van der Waals surface area contributed by atoms with Gasteiger partial charge in [-0.1, -0.05) is 17.3 Å². The number of hydrogen-bond acceptors (Lipinski definition) is 4. The normalized spacial score (nSPS) is 14.9. The molecule has 2 heterocycles. The monoisotopic (exact) mass is 397 g/mol. The summed E-state index contributed by atoms with van der Waals surface area (Å²) in [5.41, 5.74) is 2.30. The van der Waals surface area contributed by atoms with Crippen LogP contribution in [-0.4, -0.2) is 40.3 Å². The molecule has 29 heavy (non-hydrogen) atoms. The smallest absolute Gasteiger partial charge is 0.335 e. The SMILES string of the molecule is O=C(O)c1ccc(CNC(=O)N2CCC(c3noc4cc(F)ccc34)CC2)cc1. The lowest BCUT2D eigenvalue weighted by Crippen LogP contribution is -2.43. The van der Waals surface area contributed by atoms with E-state index in [0.29, 0.717) is 25.2 Å². The maximum Gasteiger partial charge on any atom is 0.335 e. The summed E-state index contributed by atoms with van der Waals surface area (Å²) in [6.07, 6.45) is 1.50. The number of benzene rings is 2. The molecule has 0 bridgehead atoms. The zero-order valence-corrected chi connectivity index (χ0v) is 15.6. The van der Waals surface area contributed by atoms with E-state index >= 15 is 0 Å². The van der Waals surface area contributed by atoms with Gasteiger partial charge in [-0.15, -0.1) is 0 Å². The number of nitrogens with zero attached hydrogens (tertiary/aromatic N) is 2. The van der Waals surface area contributed by atoms with Gasteiger partial charge in [-0.05, 0) is 42.7 Å². The molecule has 1 aliphatic heterocycles. The fourth-order valence-corrected chi connectivity index (χ4v) is 3.64. The maximum absolute atomic E-state index is 13.3. The largest absolute Gasteiger partial charge is 0.478 e. The van der Waals surface area contributed by atoms with Gasteiger partial charge in [-0.2, -0.15) is 0 Å². The first-order valence-electron chi connectivity index (χ1n) is 9.41. The molecule has 0 aliphatic carbocycles. The number of fused-ring (bicyclic) bond motifs is 1. The van der Waals surface area contributed by atoms with Gasteiger partial charge in [0.15, 0.2) is 5.58 Å². The minimum Gasteiger partial charge on any atom is -0.478 e. The quantitative estimate of drug-likeness (QED) is 0.699. The topological polar surface area (TPSA) is 95.7 Å². The number of hydrogen-bond donors (Lipinski definition) is 2. The molecular weight excluding hydrogens is 377 g/mol. The molecule has 2 N–H and O–H groups in total. The molecular formula is C21H20FN3O4. The van der Waals surface area contributed by atoms with E-state index < -0.39 is 5.97 Å². The van der Waals surface area contributed by atoms with Crippen LogP contribution in [-0.2, 0) is 6.54 Å². The van der Waals surface area contributed by atoms with Gasteiger partial charge in [0, 0.05) is 37.0 Å². The van der Waals surface area contributed by atoms with Crippen LogP contribution < -0.4 is 5.32 Å². The fraction of sp³-hybridized carbons (Fsp3) is 0.286. The summed E-state index contributed by atoms with van der Waals surface area (Å²) >= 11 is 0. The summed E-state index contributed by atoms with van der Waals surface area (Å²) in [6, 6.07) is 10.7. The van der Waals surface area contributed by atoms with E-state index in [-0.39, 0.29) is 23.3 Å². The van der Waals surface area contributed by atoms with E-state index in [2.05, 4.69) is 10.5 Å². The van der Waals surface area contributed by atoms with Crippen molar-refractivity contribution in [3.05, 3.63) is 65.1 Å². The third-order valence-corrected chi connectivity index (χ3v) is 5.28. The van der Waals surface area contributed by atoms with Crippen LogP contribution in [0.1, 0.15) is 40.4 Å². The van der Waals surface area contributed by atoms with Crippen molar-refractivity contribution in [2.24, 2.45) is 0 Å². The highest BCUT2D eigenvalue weighted by molar-refractivity contribution is 5.87. The Labute approximate surface area is 166 Å². The second kappa shape index (κ2) is 7.90. The molecule has 1 aromatic heterocycles. The predicted octanol–water partition coefficient (Wildman–Crippen LogP) is 3.75. The van der Waals surface area contributed by atoms with Crippen molar-refractivity contribution in [1.82, 2.24) is 15.4 Å². The molecule has 3 aromatic rings. The highest BCUT2D eigenvalue weighted by Gasteiger charge is 2.27. The fourth-order valence-electron chi connectivity index (χ4n) is 3.64. The van der Waals surface area contributed by atoms with Crippen molar-refractivity contribution in [1.29, 1.82) is 0 Å². The number of aromatic nitrogens is 1. The van der Waals surface area contributed by atoms with E-state index in [1.165, 1.54) is 24.3 Å². The van der Waals surface area contributed by atoms with Crippen molar-refractivity contribution in [3.8, 4) is 0 Å². The second-order valence-corrected chi connectivity index (χ2v) is 7.13. The van der Waals surface area contributed by atoms with Crippen molar-refractivity contribution in [2.75, 3.05) is 13.1 Å². The number of rotatable bonds is 4. The van der Waals surface area contributed by atoms with Crippen LogP contribution >= 0.6 is 0 Å². The van der Waals surface area contributed by atoms with Crippen LogP contribution in [0.15, 0.2) is 47.0 Å². The lowest BCUT2D eigenvalue weighted by Gasteiger charge is -2.31. The van der Waals surface area contributed by atoms with Crippen LogP contribution in [0.25, 0.3) is 11.0 Å². The van der Waals surface area contributed by atoms with Crippen molar-refractivity contribution in [3.63, 3.8) is 0 Å². The Balaban J connectivity index is 1.31. The molecule has 1 saturated heterocycles. The molecule has 2 amide bonds. The molecule has 150 valence electrons. The Hall–Kier alpha value is -3.42. The van der Waals surface area contributed by atoms with E-state index in [1.54, 1.807) is 23.1 Å². The molecule has 1 aliphatic rings. The predicted molar refractivity (Wildman–Crippen MR) is 103 cm³/mol. The number of halogens is 1. The Morgan fingerprint density at radius 3 is 2.59 bits per heavy atom. The van der Waals surface area contributed by atoms with Gasteiger partial charge in [0.05, 0.1) is 11.3 Å².